The SMILES string of the molecule is CC(=O)c1c(C)nn(CC2CCCCO2)c1C. The van der Waals surface area contributed by atoms with Gasteiger partial charge in [-0.3, -0.25) is 9.48 Å². The molecule has 1 aliphatic rings. The summed E-state index contributed by atoms with van der Waals surface area (Å²) in [5.41, 5.74) is 2.55. The van der Waals surface area contributed by atoms with Gasteiger partial charge < -0.3 is 4.74 Å². The molecule has 0 amide bonds. The molecule has 2 heterocycles. The molecular formula is C13H20N2O2. The number of rotatable bonds is 3. The molecule has 1 fully saturated rings. The van der Waals surface area contributed by atoms with Crippen LogP contribution in [0.4, 0.5) is 0 Å². The summed E-state index contributed by atoms with van der Waals surface area (Å²) < 4.78 is 7.62. The molecule has 0 bridgehead atoms. The zero-order chi connectivity index (χ0) is 12.4. The average molecular weight is 236 g/mol. The minimum Gasteiger partial charge on any atom is -0.376 e. The maximum absolute atomic E-state index is 11.5. The fraction of sp³-hybridized carbons (Fsp3) is 0.692. The lowest BCUT2D eigenvalue weighted by Gasteiger charge is -2.22. The van der Waals surface area contributed by atoms with Gasteiger partial charge in [0.15, 0.2) is 5.78 Å². The fourth-order valence-corrected chi connectivity index (χ4v) is 2.53. The first-order valence-electron chi connectivity index (χ1n) is 6.26. The van der Waals surface area contributed by atoms with Gasteiger partial charge in [0.25, 0.3) is 0 Å². The normalized spacial score (nSPS) is 20.5. The van der Waals surface area contributed by atoms with Crippen LogP contribution in [0.2, 0.25) is 0 Å². The maximum Gasteiger partial charge on any atom is 0.163 e. The van der Waals surface area contributed by atoms with Crippen LogP contribution in [-0.2, 0) is 11.3 Å². The molecule has 1 aromatic heterocycles. The summed E-state index contributed by atoms with van der Waals surface area (Å²) in [6, 6.07) is 0. The number of hydrogen-bond donors (Lipinski definition) is 0. The Morgan fingerprint density at radius 1 is 1.47 bits per heavy atom. The van der Waals surface area contributed by atoms with E-state index in [2.05, 4.69) is 5.10 Å². The molecule has 1 saturated heterocycles. The van der Waals surface area contributed by atoms with E-state index in [1.54, 1.807) is 6.92 Å². The van der Waals surface area contributed by atoms with Gasteiger partial charge in [-0.2, -0.15) is 5.10 Å². The number of Topliss-reactive ketones (excluding diaryl/α,β-unsaturated/α-hetero) is 1. The number of ketones is 1. The first-order chi connectivity index (χ1) is 8.09. The van der Waals surface area contributed by atoms with Crippen LogP contribution in [0.5, 0.6) is 0 Å². The van der Waals surface area contributed by atoms with E-state index in [0.717, 1.165) is 42.9 Å². The van der Waals surface area contributed by atoms with Gasteiger partial charge >= 0.3 is 0 Å². The van der Waals surface area contributed by atoms with Gasteiger partial charge in [0.05, 0.1) is 23.9 Å². The second-order valence-corrected chi connectivity index (χ2v) is 4.77. The summed E-state index contributed by atoms with van der Waals surface area (Å²) in [7, 11) is 0. The average Bonchev–Trinajstić information content (AvgIpc) is 2.55. The zero-order valence-corrected chi connectivity index (χ0v) is 10.8. The molecule has 17 heavy (non-hydrogen) atoms. The third-order valence-corrected chi connectivity index (χ3v) is 3.38. The van der Waals surface area contributed by atoms with Crippen LogP contribution < -0.4 is 0 Å². The van der Waals surface area contributed by atoms with E-state index in [1.165, 1.54) is 6.42 Å². The number of hydrogen-bond acceptors (Lipinski definition) is 3. The second-order valence-electron chi connectivity index (χ2n) is 4.77. The molecule has 1 aliphatic heterocycles. The maximum atomic E-state index is 11.5. The molecule has 1 aromatic rings. The van der Waals surface area contributed by atoms with E-state index >= 15 is 0 Å². The largest absolute Gasteiger partial charge is 0.376 e. The number of aryl methyl sites for hydroxylation is 1. The van der Waals surface area contributed by atoms with E-state index in [1.807, 2.05) is 18.5 Å². The predicted octanol–water partition coefficient (Wildman–Crippen LogP) is 2.27. The predicted molar refractivity (Wildman–Crippen MR) is 65.3 cm³/mol. The van der Waals surface area contributed by atoms with Crippen LogP contribution in [0.1, 0.15) is 47.9 Å². The van der Waals surface area contributed by atoms with Crippen molar-refractivity contribution in [3.63, 3.8) is 0 Å². The zero-order valence-electron chi connectivity index (χ0n) is 10.8. The lowest BCUT2D eigenvalue weighted by molar-refractivity contribution is 0.00360. The Hall–Kier alpha value is -1.16. The number of carbonyl (C=O) groups excluding carboxylic acids is 1. The third-order valence-electron chi connectivity index (χ3n) is 3.38. The molecule has 94 valence electrons. The van der Waals surface area contributed by atoms with Crippen LogP contribution in [0.3, 0.4) is 0 Å². The van der Waals surface area contributed by atoms with E-state index in [0.29, 0.717) is 0 Å². The Morgan fingerprint density at radius 2 is 2.24 bits per heavy atom. The summed E-state index contributed by atoms with van der Waals surface area (Å²) >= 11 is 0. The van der Waals surface area contributed by atoms with Gasteiger partial charge in [0.2, 0.25) is 0 Å². The molecular weight excluding hydrogens is 216 g/mol. The number of ether oxygens (including phenoxy) is 1. The molecule has 0 saturated carbocycles. The monoisotopic (exact) mass is 236 g/mol. The Balaban J connectivity index is 2.15. The van der Waals surface area contributed by atoms with Crippen LogP contribution in [0.15, 0.2) is 0 Å². The van der Waals surface area contributed by atoms with Crippen LogP contribution >= 0.6 is 0 Å². The van der Waals surface area contributed by atoms with Gasteiger partial charge in [-0.1, -0.05) is 0 Å². The van der Waals surface area contributed by atoms with Gasteiger partial charge in [-0.25, -0.2) is 0 Å². The highest BCUT2D eigenvalue weighted by Gasteiger charge is 2.19. The molecule has 4 nitrogen and oxygen atoms in total. The van der Waals surface area contributed by atoms with Crippen molar-refractivity contribution in [2.24, 2.45) is 0 Å². The third kappa shape index (κ3) is 2.57. The summed E-state index contributed by atoms with van der Waals surface area (Å²) in [6.07, 6.45) is 3.73. The second kappa shape index (κ2) is 5.00. The van der Waals surface area contributed by atoms with E-state index < -0.39 is 0 Å². The molecule has 0 N–H and O–H groups in total. The number of carbonyl (C=O) groups is 1. The Bertz CT molecular complexity index is 417. The lowest BCUT2D eigenvalue weighted by Crippen LogP contribution is -2.25. The molecule has 1 unspecified atom stereocenters. The van der Waals surface area contributed by atoms with Gasteiger partial charge in [-0.05, 0) is 40.0 Å². The van der Waals surface area contributed by atoms with E-state index in [4.69, 9.17) is 4.74 Å². The molecule has 0 aliphatic carbocycles. The van der Waals surface area contributed by atoms with Crippen LogP contribution in [0.25, 0.3) is 0 Å². The van der Waals surface area contributed by atoms with Crippen molar-refractivity contribution in [2.45, 2.75) is 52.7 Å². The smallest absolute Gasteiger partial charge is 0.163 e. The topological polar surface area (TPSA) is 44.1 Å². The number of nitrogens with zero attached hydrogens (tertiary/aromatic N) is 2. The van der Waals surface area contributed by atoms with Crippen molar-refractivity contribution in [2.75, 3.05) is 6.61 Å². The fourth-order valence-electron chi connectivity index (χ4n) is 2.53. The first kappa shape index (κ1) is 12.3. The first-order valence-corrected chi connectivity index (χ1v) is 6.26. The molecule has 0 aromatic carbocycles. The Kier molecular flexibility index (Phi) is 3.62. The highest BCUT2D eigenvalue weighted by atomic mass is 16.5. The molecule has 4 heteroatoms. The molecule has 2 rings (SSSR count). The molecule has 0 spiro atoms. The van der Waals surface area contributed by atoms with E-state index in [-0.39, 0.29) is 11.9 Å². The van der Waals surface area contributed by atoms with Crippen molar-refractivity contribution in [1.82, 2.24) is 9.78 Å². The van der Waals surface area contributed by atoms with Gasteiger partial charge in [-0.15, -0.1) is 0 Å². The Labute approximate surface area is 102 Å². The highest BCUT2D eigenvalue weighted by Crippen LogP contribution is 2.18. The standard InChI is InChI=1S/C13H20N2O2/c1-9-13(11(3)16)10(2)15(14-9)8-12-6-4-5-7-17-12/h12H,4-8H2,1-3H3. The molecule has 0 radical (unpaired) electrons. The van der Waals surface area contributed by atoms with Gasteiger partial charge in [0.1, 0.15) is 0 Å². The Morgan fingerprint density at radius 3 is 2.76 bits per heavy atom. The van der Waals surface area contributed by atoms with Crippen molar-refractivity contribution in [3.8, 4) is 0 Å². The van der Waals surface area contributed by atoms with Crippen LogP contribution in [-0.4, -0.2) is 28.3 Å². The summed E-state index contributed by atoms with van der Waals surface area (Å²) in [5, 5.41) is 4.44. The number of aromatic nitrogens is 2. The summed E-state index contributed by atoms with van der Waals surface area (Å²) in [5.74, 6) is 0.0933. The van der Waals surface area contributed by atoms with Gasteiger partial charge in [0, 0.05) is 12.3 Å². The summed E-state index contributed by atoms with van der Waals surface area (Å²) in [4.78, 5) is 11.5. The van der Waals surface area contributed by atoms with E-state index in [9.17, 15) is 4.79 Å². The van der Waals surface area contributed by atoms with Crippen LogP contribution in [0, 0.1) is 13.8 Å². The molecule has 1 atom stereocenters. The minimum atomic E-state index is 0.0933. The minimum absolute atomic E-state index is 0.0933. The van der Waals surface area contributed by atoms with Crippen molar-refractivity contribution >= 4 is 5.78 Å². The quantitative estimate of drug-likeness (QED) is 0.756. The van der Waals surface area contributed by atoms with Crippen molar-refractivity contribution < 1.29 is 9.53 Å². The summed E-state index contributed by atoms with van der Waals surface area (Å²) in [6.45, 7) is 7.06. The lowest BCUT2D eigenvalue weighted by atomic mass is 10.1. The highest BCUT2D eigenvalue weighted by molar-refractivity contribution is 5.96. The van der Waals surface area contributed by atoms with Crippen molar-refractivity contribution in [1.29, 1.82) is 0 Å². The van der Waals surface area contributed by atoms with Crippen molar-refractivity contribution in [3.05, 3.63) is 17.0 Å².